The summed E-state index contributed by atoms with van der Waals surface area (Å²) in [5, 5.41) is 20.2. The Morgan fingerprint density at radius 1 is 0.720 bits per heavy atom. The van der Waals surface area contributed by atoms with Crippen LogP contribution in [0.15, 0.2) is 0 Å². The molecule has 0 bridgehead atoms. The first-order valence-electron chi connectivity index (χ1n) is 9.68. The molecule has 3 N–H and O–H groups in total. The van der Waals surface area contributed by atoms with Gasteiger partial charge in [0.15, 0.2) is 0 Å². The first-order valence-corrected chi connectivity index (χ1v) is 9.68. The van der Waals surface area contributed by atoms with Crippen LogP contribution in [0.2, 0.25) is 0 Å². The number of carbonyl (C=O) groups excluding carboxylic acids is 1. The lowest BCUT2D eigenvalue weighted by Gasteiger charge is -2.11. The topological polar surface area (TPSA) is 104 Å². The number of carboxylic acid groups (broad SMARTS) is 2. The fraction of sp³-hybridized carbons (Fsp3) is 0.842. The molecule has 146 valence electrons. The van der Waals surface area contributed by atoms with Gasteiger partial charge < -0.3 is 20.3 Å². The highest BCUT2D eigenvalue weighted by Gasteiger charge is 2.08. The van der Waals surface area contributed by atoms with Crippen molar-refractivity contribution in [3.8, 4) is 0 Å². The monoisotopic (exact) mass is 357 g/mol. The Labute approximate surface area is 151 Å². The molecule has 1 atom stereocenters. The van der Waals surface area contributed by atoms with E-state index in [-0.39, 0.29) is 12.5 Å². The first kappa shape index (κ1) is 23.6. The van der Waals surface area contributed by atoms with Gasteiger partial charge in [-0.2, -0.15) is 0 Å². The molecule has 0 amide bonds. The molecule has 25 heavy (non-hydrogen) atoms. The van der Waals surface area contributed by atoms with Gasteiger partial charge in [0.2, 0.25) is 0 Å². The molecule has 0 saturated carbocycles. The van der Waals surface area contributed by atoms with Gasteiger partial charge in [0.05, 0.1) is 6.04 Å². The third-order valence-corrected chi connectivity index (χ3v) is 4.31. The van der Waals surface area contributed by atoms with Crippen molar-refractivity contribution in [2.45, 2.75) is 95.9 Å². The SMILES string of the molecule is O=CC(CCC(=O)O)NCCCCCCCCCCCCCC(=O)O. The number of nitrogens with one attached hydrogen (secondary N) is 1. The minimum atomic E-state index is -0.867. The molecular weight excluding hydrogens is 322 g/mol. The van der Waals surface area contributed by atoms with Crippen molar-refractivity contribution in [3.05, 3.63) is 0 Å². The van der Waals surface area contributed by atoms with Crippen LogP contribution in [0.5, 0.6) is 0 Å². The highest BCUT2D eigenvalue weighted by molar-refractivity contribution is 5.68. The number of hydrogen-bond acceptors (Lipinski definition) is 4. The summed E-state index contributed by atoms with van der Waals surface area (Å²) in [5.41, 5.74) is 0. The second-order valence-corrected chi connectivity index (χ2v) is 6.66. The van der Waals surface area contributed by atoms with Gasteiger partial charge in [-0.05, 0) is 25.8 Å². The van der Waals surface area contributed by atoms with Gasteiger partial charge >= 0.3 is 11.9 Å². The second kappa shape index (κ2) is 17.4. The van der Waals surface area contributed by atoms with Crippen LogP contribution in [0.3, 0.4) is 0 Å². The normalized spacial score (nSPS) is 12.0. The smallest absolute Gasteiger partial charge is 0.303 e. The Bertz CT molecular complexity index is 360. The van der Waals surface area contributed by atoms with Crippen molar-refractivity contribution in [2.24, 2.45) is 0 Å². The summed E-state index contributed by atoms with van der Waals surface area (Å²) in [7, 11) is 0. The fourth-order valence-electron chi connectivity index (χ4n) is 2.78. The molecule has 0 aliphatic heterocycles. The van der Waals surface area contributed by atoms with Gasteiger partial charge in [-0.15, -0.1) is 0 Å². The minimum Gasteiger partial charge on any atom is -0.481 e. The Balaban J connectivity index is 3.24. The summed E-state index contributed by atoms with van der Waals surface area (Å²) < 4.78 is 0. The maximum Gasteiger partial charge on any atom is 0.303 e. The molecule has 0 aromatic rings. The van der Waals surface area contributed by atoms with Crippen LogP contribution in [-0.4, -0.2) is 41.0 Å². The van der Waals surface area contributed by atoms with Gasteiger partial charge in [0, 0.05) is 12.8 Å². The summed E-state index contributed by atoms with van der Waals surface area (Å²) in [6, 6.07) is -0.341. The van der Waals surface area contributed by atoms with Crippen molar-refractivity contribution < 1.29 is 24.6 Å². The molecule has 1 unspecified atom stereocenters. The highest BCUT2D eigenvalue weighted by atomic mass is 16.4. The molecule has 0 aliphatic carbocycles. The van der Waals surface area contributed by atoms with E-state index in [1.165, 1.54) is 38.5 Å². The molecule has 0 fully saturated rings. The quantitative estimate of drug-likeness (QED) is 0.240. The molecule has 0 aliphatic rings. The third kappa shape index (κ3) is 18.7. The van der Waals surface area contributed by atoms with E-state index in [0.717, 1.165) is 44.9 Å². The molecule has 6 nitrogen and oxygen atoms in total. The van der Waals surface area contributed by atoms with Crippen LogP contribution in [-0.2, 0) is 14.4 Å². The summed E-state index contributed by atoms with van der Waals surface area (Å²) >= 11 is 0. The van der Waals surface area contributed by atoms with Crippen molar-refractivity contribution in [2.75, 3.05) is 6.54 Å². The Morgan fingerprint density at radius 3 is 1.60 bits per heavy atom. The minimum absolute atomic E-state index is 0.0238. The van der Waals surface area contributed by atoms with Crippen LogP contribution in [0.25, 0.3) is 0 Å². The van der Waals surface area contributed by atoms with Gasteiger partial charge in [-0.25, -0.2) is 0 Å². The van der Waals surface area contributed by atoms with Crippen molar-refractivity contribution in [3.63, 3.8) is 0 Å². The van der Waals surface area contributed by atoms with E-state index in [1.807, 2.05) is 0 Å². The number of carbonyl (C=O) groups is 3. The predicted octanol–water partition coefficient (Wildman–Crippen LogP) is 3.77. The third-order valence-electron chi connectivity index (χ3n) is 4.31. The van der Waals surface area contributed by atoms with E-state index in [1.54, 1.807) is 0 Å². The fourth-order valence-corrected chi connectivity index (χ4v) is 2.78. The number of aliphatic carboxylic acids is 2. The molecule has 0 spiro atoms. The van der Waals surface area contributed by atoms with E-state index in [2.05, 4.69) is 5.32 Å². The Morgan fingerprint density at radius 2 is 1.16 bits per heavy atom. The summed E-state index contributed by atoms with van der Waals surface area (Å²) in [5.74, 6) is -1.56. The van der Waals surface area contributed by atoms with Gasteiger partial charge in [-0.1, -0.05) is 57.8 Å². The number of rotatable bonds is 19. The van der Waals surface area contributed by atoms with E-state index in [0.29, 0.717) is 12.8 Å². The Kier molecular flexibility index (Phi) is 16.4. The van der Waals surface area contributed by atoms with Crippen molar-refractivity contribution >= 4 is 18.2 Å². The number of aldehydes is 1. The molecule has 6 heteroatoms. The van der Waals surface area contributed by atoms with Crippen molar-refractivity contribution in [1.82, 2.24) is 5.32 Å². The van der Waals surface area contributed by atoms with Gasteiger partial charge in [0.25, 0.3) is 0 Å². The molecule has 0 saturated heterocycles. The van der Waals surface area contributed by atoms with E-state index in [9.17, 15) is 14.4 Å². The van der Waals surface area contributed by atoms with E-state index >= 15 is 0 Å². The summed E-state index contributed by atoms with van der Waals surface area (Å²) in [4.78, 5) is 31.6. The van der Waals surface area contributed by atoms with Gasteiger partial charge in [0.1, 0.15) is 6.29 Å². The number of carboxylic acids is 2. The lowest BCUT2D eigenvalue weighted by molar-refractivity contribution is -0.138. The zero-order valence-corrected chi connectivity index (χ0v) is 15.4. The second-order valence-electron chi connectivity index (χ2n) is 6.66. The van der Waals surface area contributed by atoms with Crippen LogP contribution in [0, 0.1) is 0 Å². The van der Waals surface area contributed by atoms with E-state index in [4.69, 9.17) is 10.2 Å². The van der Waals surface area contributed by atoms with Crippen LogP contribution >= 0.6 is 0 Å². The zero-order chi connectivity index (χ0) is 18.8. The van der Waals surface area contributed by atoms with E-state index < -0.39 is 11.9 Å². The molecule has 0 radical (unpaired) electrons. The average molecular weight is 357 g/mol. The number of hydrogen-bond donors (Lipinski definition) is 3. The summed E-state index contributed by atoms with van der Waals surface area (Å²) in [6.07, 6.45) is 13.9. The molecule has 0 aromatic heterocycles. The van der Waals surface area contributed by atoms with Crippen molar-refractivity contribution in [1.29, 1.82) is 0 Å². The lowest BCUT2D eigenvalue weighted by atomic mass is 10.1. The van der Waals surface area contributed by atoms with Crippen LogP contribution < -0.4 is 5.32 Å². The maximum atomic E-state index is 10.8. The average Bonchev–Trinajstić information content (AvgIpc) is 2.57. The molecule has 0 rings (SSSR count). The first-order chi connectivity index (χ1) is 12.1. The zero-order valence-electron chi connectivity index (χ0n) is 15.4. The molecule has 0 heterocycles. The standard InChI is InChI=1S/C19H35NO5/c21-16-17(13-14-19(24)25)20-15-11-9-7-5-3-1-2-4-6-8-10-12-18(22)23/h16-17,20H,1-15H2,(H,22,23)(H,24,25). The van der Waals surface area contributed by atoms with Crippen LogP contribution in [0.4, 0.5) is 0 Å². The maximum absolute atomic E-state index is 10.8. The van der Waals surface area contributed by atoms with Gasteiger partial charge in [-0.3, -0.25) is 9.59 Å². The Hall–Kier alpha value is -1.43. The largest absolute Gasteiger partial charge is 0.481 e. The predicted molar refractivity (Wildman–Crippen MR) is 97.8 cm³/mol. The number of unbranched alkanes of at least 4 members (excludes halogenated alkanes) is 10. The van der Waals surface area contributed by atoms with Crippen LogP contribution in [0.1, 0.15) is 89.9 Å². The summed E-state index contributed by atoms with van der Waals surface area (Å²) in [6.45, 7) is 0.763. The highest BCUT2D eigenvalue weighted by Crippen LogP contribution is 2.12. The molecule has 0 aromatic carbocycles. The molecular formula is C19H35NO5. The lowest BCUT2D eigenvalue weighted by Crippen LogP contribution is -2.31.